The van der Waals surface area contributed by atoms with Crippen LogP contribution >= 0.6 is 12.4 Å². The van der Waals surface area contributed by atoms with E-state index in [9.17, 15) is 9.59 Å². The van der Waals surface area contributed by atoms with Gasteiger partial charge in [-0.05, 0) is 6.92 Å². The van der Waals surface area contributed by atoms with Crippen LogP contribution in [-0.2, 0) is 9.59 Å². The monoisotopic (exact) mass is 413 g/mol. The van der Waals surface area contributed by atoms with Crippen molar-refractivity contribution >= 4 is 29.9 Å². The van der Waals surface area contributed by atoms with E-state index >= 15 is 0 Å². The van der Waals surface area contributed by atoms with Crippen molar-refractivity contribution in [3.63, 3.8) is 0 Å². The highest BCUT2D eigenvalue weighted by Gasteiger charge is 2.39. The van der Waals surface area contributed by atoms with Crippen molar-refractivity contribution in [1.29, 1.82) is 0 Å². The molecule has 2 fully saturated rings. The number of rotatable bonds is 5. The fourth-order valence-electron chi connectivity index (χ4n) is 3.75. The summed E-state index contributed by atoms with van der Waals surface area (Å²) in [4.78, 5) is 29.1. The molecule has 0 spiro atoms. The molecule has 0 aliphatic carbocycles. The van der Waals surface area contributed by atoms with Crippen molar-refractivity contribution in [2.75, 3.05) is 52.4 Å². The molecule has 2 atom stereocenters. The minimum absolute atomic E-state index is 0. The summed E-state index contributed by atoms with van der Waals surface area (Å²) >= 11 is 0. The molecule has 2 amide bonds. The van der Waals surface area contributed by atoms with Gasteiger partial charge in [0, 0.05) is 50.8 Å². The zero-order valence-electron chi connectivity index (χ0n) is 16.7. The van der Waals surface area contributed by atoms with Crippen molar-refractivity contribution in [2.45, 2.75) is 19.4 Å². The average molecular weight is 414 g/mol. The Kier molecular flexibility index (Phi) is 7.37. The summed E-state index contributed by atoms with van der Waals surface area (Å²) < 4.78 is 16.1. The summed E-state index contributed by atoms with van der Waals surface area (Å²) in [5.41, 5.74) is 0.637. The van der Waals surface area contributed by atoms with E-state index in [4.69, 9.17) is 14.2 Å². The third-order valence-corrected chi connectivity index (χ3v) is 5.22. The summed E-state index contributed by atoms with van der Waals surface area (Å²) in [5, 5.41) is 3.28. The van der Waals surface area contributed by atoms with Crippen molar-refractivity contribution in [3.05, 3.63) is 12.1 Å². The first-order valence-electron chi connectivity index (χ1n) is 9.11. The molecule has 1 N–H and O–H groups in total. The smallest absolute Gasteiger partial charge is 0.228 e. The molecule has 1 aromatic rings. The second kappa shape index (κ2) is 9.34. The van der Waals surface area contributed by atoms with Crippen LogP contribution in [0.15, 0.2) is 12.1 Å². The molecule has 0 bridgehead atoms. The van der Waals surface area contributed by atoms with E-state index in [0.717, 1.165) is 13.1 Å². The van der Waals surface area contributed by atoms with Gasteiger partial charge in [0.15, 0.2) is 11.5 Å². The molecule has 2 saturated heterocycles. The summed E-state index contributed by atoms with van der Waals surface area (Å²) in [7, 11) is 4.60. The van der Waals surface area contributed by atoms with Crippen molar-refractivity contribution in [3.8, 4) is 17.2 Å². The highest BCUT2D eigenvalue weighted by molar-refractivity contribution is 6.00. The van der Waals surface area contributed by atoms with E-state index in [-0.39, 0.29) is 42.6 Å². The van der Waals surface area contributed by atoms with Gasteiger partial charge in [0.1, 0.15) is 0 Å². The Hall–Kier alpha value is -2.19. The standard InChI is InChI=1S/C19H27N3O5.ClH/c1-12-10-20-5-6-21(12)19(24)13-7-17(23)22(11-13)14-8-15(25-2)18(27-4)16(9-14)26-3;/h8-9,12-13,20H,5-7,10-11H2,1-4H3;1H/t12-,13?;/m0./s1. The molecule has 9 heteroatoms. The molecule has 3 rings (SSSR count). The van der Waals surface area contributed by atoms with Crippen LogP contribution in [0.1, 0.15) is 13.3 Å². The minimum atomic E-state index is -0.336. The number of carbonyl (C=O) groups excluding carboxylic acids is 2. The van der Waals surface area contributed by atoms with Gasteiger partial charge in [-0.3, -0.25) is 9.59 Å². The van der Waals surface area contributed by atoms with Gasteiger partial charge >= 0.3 is 0 Å². The summed E-state index contributed by atoms with van der Waals surface area (Å²) in [6, 6.07) is 3.61. The lowest BCUT2D eigenvalue weighted by Gasteiger charge is -2.35. The van der Waals surface area contributed by atoms with Gasteiger partial charge in [-0.2, -0.15) is 0 Å². The lowest BCUT2D eigenvalue weighted by Crippen LogP contribution is -2.54. The molecular formula is C19H28ClN3O5. The van der Waals surface area contributed by atoms with Crippen LogP contribution in [0.25, 0.3) is 0 Å². The number of methoxy groups -OCH3 is 3. The molecule has 2 heterocycles. The number of piperazine rings is 1. The number of hydrogen-bond acceptors (Lipinski definition) is 6. The average Bonchev–Trinajstić information content (AvgIpc) is 3.08. The summed E-state index contributed by atoms with van der Waals surface area (Å²) in [5.74, 6) is 1.06. The van der Waals surface area contributed by atoms with E-state index in [1.54, 1.807) is 17.0 Å². The van der Waals surface area contributed by atoms with Crippen molar-refractivity contribution < 1.29 is 23.8 Å². The highest BCUT2D eigenvalue weighted by atomic mass is 35.5. The second-order valence-electron chi connectivity index (χ2n) is 6.87. The normalized spacial score (nSPS) is 21.9. The third-order valence-electron chi connectivity index (χ3n) is 5.22. The van der Waals surface area contributed by atoms with Crippen LogP contribution in [0.2, 0.25) is 0 Å². The van der Waals surface area contributed by atoms with Gasteiger partial charge in [0.05, 0.1) is 32.9 Å². The fraction of sp³-hybridized carbons (Fsp3) is 0.579. The molecule has 8 nitrogen and oxygen atoms in total. The van der Waals surface area contributed by atoms with Crippen LogP contribution in [0.5, 0.6) is 17.2 Å². The van der Waals surface area contributed by atoms with E-state index < -0.39 is 0 Å². The van der Waals surface area contributed by atoms with Crippen LogP contribution in [0, 0.1) is 5.92 Å². The summed E-state index contributed by atoms with van der Waals surface area (Å²) in [6.07, 6.45) is 0.214. The maximum Gasteiger partial charge on any atom is 0.228 e. The van der Waals surface area contributed by atoms with E-state index in [1.165, 1.54) is 21.3 Å². The molecule has 2 aliphatic rings. The Morgan fingerprint density at radius 1 is 1.14 bits per heavy atom. The number of nitrogens with zero attached hydrogens (tertiary/aromatic N) is 2. The molecule has 156 valence electrons. The lowest BCUT2D eigenvalue weighted by atomic mass is 10.1. The molecule has 2 aliphatic heterocycles. The maximum atomic E-state index is 12.9. The Balaban J connectivity index is 0.00000280. The number of carbonyl (C=O) groups is 2. The first-order chi connectivity index (χ1) is 13.0. The Labute approximate surface area is 171 Å². The van der Waals surface area contributed by atoms with Crippen LogP contribution in [0.3, 0.4) is 0 Å². The van der Waals surface area contributed by atoms with E-state index in [2.05, 4.69) is 5.32 Å². The fourth-order valence-corrected chi connectivity index (χ4v) is 3.75. The van der Waals surface area contributed by atoms with Gasteiger partial charge in [0.25, 0.3) is 0 Å². The predicted octanol–water partition coefficient (Wildman–Crippen LogP) is 1.31. The number of halogens is 1. The van der Waals surface area contributed by atoms with Gasteiger partial charge in [-0.15, -0.1) is 12.4 Å². The quantitative estimate of drug-likeness (QED) is 0.784. The number of anilines is 1. The number of hydrogen-bond donors (Lipinski definition) is 1. The molecule has 1 aromatic carbocycles. The Morgan fingerprint density at radius 3 is 2.32 bits per heavy atom. The largest absolute Gasteiger partial charge is 0.493 e. The molecule has 28 heavy (non-hydrogen) atoms. The van der Waals surface area contributed by atoms with Crippen LogP contribution in [-0.4, -0.2) is 70.3 Å². The highest BCUT2D eigenvalue weighted by Crippen LogP contribution is 2.42. The molecule has 0 radical (unpaired) electrons. The number of ether oxygens (including phenoxy) is 3. The minimum Gasteiger partial charge on any atom is -0.493 e. The first kappa shape index (κ1) is 22.1. The topological polar surface area (TPSA) is 80.3 Å². The van der Waals surface area contributed by atoms with Crippen molar-refractivity contribution in [2.24, 2.45) is 5.92 Å². The number of amides is 2. The number of nitrogens with one attached hydrogen (secondary N) is 1. The summed E-state index contributed by atoms with van der Waals surface area (Å²) in [6.45, 7) is 4.62. The van der Waals surface area contributed by atoms with Crippen LogP contribution < -0.4 is 24.4 Å². The zero-order valence-corrected chi connectivity index (χ0v) is 17.5. The SMILES string of the molecule is COc1cc(N2CC(C(=O)N3CCNC[C@@H]3C)CC2=O)cc(OC)c1OC.Cl. The van der Waals surface area contributed by atoms with Gasteiger partial charge in [0.2, 0.25) is 17.6 Å². The molecular weight excluding hydrogens is 386 g/mol. The maximum absolute atomic E-state index is 12.9. The Bertz CT molecular complexity index is 705. The van der Waals surface area contributed by atoms with Crippen LogP contribution in [0.4, 0.5) is 5.69 Å². The lowest BCUT2D eigenvalue weighted by molar-refractivity contribution is -0.138. The first-order valence-corrected chi connectivity index (χ1v) is 9.11. The van der Waals surface area contributed by atoms with E-state index in [1.807, 2.05) is 11.8 Å². The van der Waals surface area contributed by atoms with Crippen molar-refractivity contribution in [1.82, 2.24) is 10.2 Å². The molecule has 0 saturated carbocycles. The van der Waals surface area contributed by atoms with Gasteiger partial charge < -0.3 is 29.3 Å². The third kappa shape index (κ3) is 4.12. The van der Waals surface area contributed by atoms with Gasteiger partial charge in [-0.25, -0.2) is 0 Å². The number of benzene rings is 1. The molecule has 0 aromatic heterocycles. The molecule has 1 unspecified atom stereocenters. The predicted molar refractivity (Wildman–Crippen MR) is 108 cm³/mol. The Morgan fingerprint density at radius 2 is 1.79 bits per heavy atom. The second-order valence-corrected chi connectivity index (χ2v) is 6.87. The van der Waals surface area contributed by atoms with E-state index in [0.29, 0.717) is 36.0 Å². The zero-order chi connectivity index (χ0) is 19.6. The van der Waals surface area contributed by atoms with Gasteiger partial charge in [-0.1, -0.05) is 0 Å².